The van der Waals surface area contributed by atoms with E-state index in [1.807, 2.05) is 0 Å². The molecule has 0 spiro atoms. The summed E-state index contributed by atoms with van der Waals surface area (Å²) >= 11 is 0. The van der Waals surface area contributed by atoms with Crippen molar-refractivity contribution in [1.82, 2.24) is 10.6 Å². The van der Waals surface area contributed by atoms with Crippen LogP contribution < -0.4 is 15.4 Å². The van der Waals surface area contributed by atoms with Gasteiger partial charge in [-0.3, -0.25) is 0 Å². The maximum Gasteiger partial charge on any atom is 0.573 e. The highest BCUT2D eigenvalue weighted by Crippen LogP contribution is 2.30. The SMILES string of the molecule is CCCCCCCOC(=O)C1=C(C)NC(=O)N[C@H]1c1ccc(OC(F)(F)F)cc1. The monoisotopic (exact) mass is 414 g/mol. The van der Waals surface area contributed by atoms with Crippen LogP contribution >= 0.6 is 0 Å². The first-order chi connectivity index (χ1) is 13.7. The van der Waals surface area contributed by atoms with Crippen molar-refractivity contribution >= 4 is 12.0 Å². The highest BCUT2D eigenvalue weighted by atomic mass is 19.4. The highest BCUT2D eigenvalue weighted by Gasteiger charge is 2.33. The van der Waals surface area contributed by atoms with Gasteiger partial charge in [-0.25, -0.2) is 9.59 Å². The number of carbonyl (C=O) groups is 2. The zero-order chi connectivity index (χ0) is 21.4. The Bertz CT molecular complexity index is 745. The molecule has 2 N–H and O–H groups in total. The lowest BCUT2D eigenvalue weighted by Gasteiger charge is -2.28. The molecule has 0 saturated heterocycles. The maximum absolute atomic E-state index is 12.6. The third-order valence-electron chi connectivity index (χ3n) is 4.42. The van der Waals surface area contributed by atoms with Crippen LogP contribution in [0.15, 0.2) is 35.5 Å². The lowest BCUT2D eigenvalue weighted by atomic mass is 9.95. The Balaban J connectivity index is 2.09. The number of nitrogens with one attached hydrogen (secondary N) is 2. The Morgan fingerprint density at radius 2 is 1.76 bits per heavy atom. The van der Waals surface area contributed by atoms with E-state index in [4.69, 9.17) is 4.74 Å². The Hall–Kier alpha value is -2.71. The number of halogens is 3. The van der Waals surface area contributed by atoms with E-state index in [0.717, 1.165) is 44.2 Å². The fourth-order valence-electron chi connectivity index (χ4n) is 3.02. The van der Waals surface area contributed by atoms with Gasteiger partial charge in [0.25, 0.3) is 0 Å². The highest BCUT2D eigenvalue weighted by molar-refractivity contribution is 5.95. The van der Waals surface area contributed by atoms with Crippen LogP contribution in [0.5, 0.6) is 5.75 Å². The van der Waals surface area contributed by atoms with E-state index in [1.165, 1.54) is 12.1 Å². The molecule has 0 unspecified atom stereocenters. The molecule has 1 aliphatic rings. The minimum absolute atomic E-state index is 0.211. The van der Waals surface area contributed by atoms with Crippen LogP contribution in [0.4, 0.5) is 18.0 Å². The standard InChI is InChI=1S/C20H25F3N2O4/c1-3-4-5-6-7-12-28-18(26)16-13(2)24-19(27)25-17(16)14-8-10-15(11-9-14)29-20(21,22)23/h8-11,17H,3-7,12H2,1-2H3,(H2,24,25,27)/t17-/m0/s1. The quantitative estimate of drug-likeness (QED) is 0.453. The molecule has 0 aromatic heterocycles. The number of alkyl halides is 3. The first kappa shape index (κ1) is 22.6. The van der Waals surface area contributed by atoms with Crippen LogP contribution in [0.1, 0.15) is 57.6 Å². The summed E-state index contributed by atoms with van der Waals surface area (Å²) in [4.78, 5) is 24.5. The van der Waals surface area contributed by atoms with Gasteiger partial charge in [0.2, 0.25) is 0 Å². The molecule has 2 rings (SSSR count). The van der Waals surface area contributed by atoms with Crippen LogP contribution in [0, 0.1) is 0 Å². The second-order valence-corrected chi connectivity index (χ2v) is 6.74. The summed E-state index contributed by atoms with van der Waals surface area (Å²) in [7, 11) is 0. The summed E-state index contributed by atoms with van der Waals surface area (Å²) < 4.78 is 46.2. The predicted octanol–water partition coefficient (Wildman–Crippen LogP) is 4.73. The number of carbonyl (C=O) groups excluding carboxylic acids is 2. The summed E-state index contributed by atoms with van der Waals surface area (Å²) in [6.45, 7) is 3.95. The smallest absolute Gasteiger partial charge is 0.462 e. The zero-order valence-corrected chi connectivity index (χ0v) is 16.4. The Labute approximate surface area is 167 Å². The van der Waals surface area contributed by atoms with Gasteiger partial charge in [-0.15, -0.1) is 13.2 Å². The van der Waals surface area contributed by atoms with Crippen LogP contribution in [0.3, 0.4) is 0 Å². The molecule has 1 atom stereocenters. The molecular weight excluding hydrogens is 389 g/mol. The largest absolute Gasteiger partial charge is 0.573 e. The second-order valence-electron chi connectivity index (χ2n) is 6.74. The number of hydrogen-bond acceptors (Lipinski definition) is 4. The van der Waals surface area contributed by atoms with Crippen molar-refractivity contribution in [3.05, 3.63) is 41.1 Å². The number of allylic oxidation sites excluding steroid dienone is 1. The number of benzene rings is 1. The fourth-order valence-corrected chi connectivity index (χ4v) is 3.02. The number of hydrogen-bond donors (Lipinski definition) is 2. The average Bonchev–Trinajstić information content (AvgIpc) is 2.63. The molecule has 0 radical (unpaired) electrons. The van der Waals surface area contributed by atoms with Crippen molar-refractivity contribution in [2.24, 2.45) is 0 Å². The normalized spacial score (nSPS) is 16.9. The van der Waals surface area contributed by atoms with Crippen molar-refractivity contribution in [3.63, 3.8) is 0 Å². The Morgan fingerprint density at radius 3 is 2.38 bits per heavy atom. The van der Waals surface area contributed by atoms with Crippen molar-refractivity contribution < 1.29 is 32.2 Å². The average molecular weight is 414 g/mol. The molecule has 160 valence electrons. The van der Waals surface area contributed by atoms with E-state index in [1.54, 1.807) is 6.92 Å². The van der Waals surface area contributed by atoms with Crippen LogP contribution in [-0.2, 0) is 9.53 Å². The summed E-state index contributed by atoms with van der Waals surface area (Å²) in [5, 5.41) is 5.13. The van der Waals surface area contributed by atoms with Crippen molar-refractivity contribution in [1.29, 1.82) is 0 Å². The molecule has 0 saturated carbocycles. The van der Waals surface area contributed by atoms with Crippen molar-refractivity contribution in [2.45, 2.75) is 58.4 Å². The number of esters is 1. The van der Waals surface area contributed by atoms with E-state index in [2.05, 4.69) is 22.3 Å². The summed E-state index contributed by atoms with van der Waals surface area (Å²) in [6, 6.07) is 3.63. The van der Waals surface area contributed by atoms with E-state index < -0.39 is 30.2 Å². The molecule has 0 aliphatic carbocycles. The van der Waals surface area contributed by atoms with Crippen molar-refractivity contribution in [2.75, 3.05) is 6.61 Å². The van der Waals surface area contributed by atoms with E-state index in [-0.39, 0.29) is 12.2 Å². The molecule has 1 heterocycles. The van der Waals surface area contributed by atoms with Crippen LogP contribution in [0.25, 0.3) is 0 Å². The molecule has 0 fully saturated rings. The van der Waals surface area contributed by atoms with Crippen LogP contribution in [-0.4, -0.2) is 25.0 Å². The maximum atomic E-state index is 12.6. The molecule has 1 aromatic rings. The molecule has 2 amide bonds. The van der Waals surface area contributed by atoms with Gasteiger partial charge in [-0.2, -0.15) is 0 Å². The Morgan fingerprint density at radius 1 is 1.10 bits per heavy atom. The summed E-state index contributed by atoms with van der Waals surface area (Å²) in [5.41, 5.74) is 0.983. The fraction of sp³-hybridized carbons (Fsp3) is 0.500. The van der Waals surface area contributed by atoms with Gasteiger partial charge in [0.05, 0.1) is 18.2 Å². The first-order valence-electron chi connectivity index (χ1n) is 9.52. The minimum atomic E-state index is -4.80. The molecule has 1 aliphatic heterocycles. The van der Waals surface area contributed by atoms with Crippen LogP contribution in [0.2, 0.25) is 0 Å². The van der Waals surface area contributed by atoms with E-state index in [0.29, 0.717) is 11.3 Å². The number of amides is 2. The van der Waals surface area contributed by atoms with Gasteiger partial charge in [-0.05, 0) is 31.0 Å². The van der Waals surface area contributed by atoms with Gasteiger partial charge in [0.15, 0.2) is 0 Å². The number of ether oxygens (including phenoxy) is 2. The third-order valence-corrected chi connectivity index (χ3v) is 4.42. The van der Waals surface area contributed by atoms with Gasteiger partial charge < -0.3 is 20.1 Å². The number of unbranched alkanes of at least 4 members (excludes halogenated alkanes) is 4. The van der Waals surface area contributed by atoms with Gasteiger partial charge in [0.1, 0.15) is 5.75 Å². The van der Waals surface area contributed by atoms with E-state index >= 15 is 0 Å². The zero-order valence-electron chi connectivity index (χ0n) is 16.4. The third kappa shape index (κ3) is 6.99. The lowest BCUT2D eigenvalue weighted by Crippen LogP contribution is -2.45. The summed E-state index contributed by atoms with van der Waals surface area (Å²) in [6.07, 6.45) is 0.218. The van der Waals surface area contributed by atoms with Gasteiger partial charge in [0, 0.05) is 5.70 Å². The molecular formula is C20H25F3N2O4. The predicted molar refractivity (Wildman–Crippen MR) is 100.0 cm³/mol. The van der Waals surface area contributed by atoms with Gasteiger partial charge in [-0.1, -0.05) is 44.7 Å². The number of urea groups is 1. The van der Waals surface area contributed by atoms with Crippen molar-refractivity contribution in [3.8, 4) is 5.75 Å². The molecule has 1 aromatic carbocycles. The summed E-state index contributed by atoms with van der Waals surface area (Å²) in [5.74, 6) is -0.968. The first-order valence-corrected chi connectivity index (χ1v) is 9.52. The second kappa shape index (κ2) is 10.2. The Kier molecular flexibility index (Phi) is 7.92. The topological polar surface area (TPSA) is 76.7 Å². The molecule has 6 nitrogen and oxygen atoms in total. The lowest BCUT2D eigenvalue weighted by molar-refractivity contribution is -0.274. The minimum Gasteiger partial charge on any atom is -0.462 e. The molecule has 29 heavy (non-hydrogen) atoms. The molecule has 9 heteroatoms. The number of rotatable bonds is 9. The van der Waals surface area contributed by atoms with E-state index in [9.17, 15) is 22.8 Å². The molecule has 0 bridgehead atoms. The van der Waals surface area contributed by atoms with Gasteiger partial charge >= 0.3 is 18.4 Å².